The molecule has 1 unspecified atom stereocenters. The second-order valence-electron chi connectivity index (χ2n) is 6.06. The van der Waals surface area contributed by atoms with E-state index in [1.165, 1.54) is 6.92 Å². The molecule has 1 amide bonds. The number of carbonyl (C=O) groups excluding carboxylic acids is 1. The van der Waals surface area contributed by atoms with Crippen molar-refractivity contribution >= 4 is 5.91 Å². The van der Waals surface area contributed by atoms with Crippen LogP contribution in [0.1, 0.15) is 18.8 Å². The molecule has 1 aromatic rings. The monoisotopic (exact) mass is 349 g/mol. The highest BCUT2D eigenvalue weighted by Crippen LogP contribution is 2.34. The van der Waals surface area contributed by atoms with Crippen molar-refractivity contribution in [1.29, 1.82) is 0 Å². The van der Waals surface area contributed by atoms with Gasteiger partial charge in [-0.2, -0.15) is 0 Å². The van der Waals surface area contributed by atoms with E-state index >= 15 is 0 Å². The number of nitrogens with one attached hydrogen (secondary N) is 1. The summed E-state index contributed by atoms with van der Waals surface area (Å²) in [6.45, 7) is 5.46. The molecular formula is C18H23NO6. The summed E-state index contributed by atoms with van der Waals surface area (Å²) in [6, 6.07) is 8.73. The highest BCUT2D eigenvalue weighted by atomic mass is 16.7. The normalized spacial score (nSPS) is 34.8. The Hall–Kier alpha value is -1.77. The first-order valence-electron chi connectivity index (χ1n) is 8.25. The van der Waals surface area contributed by atoms with Gasteiger partial charge in [0.05, 0.1) is 13.2 Å². The number of fused-ring (bicyclic) bond motifs is 1. The molecule has 2 heterocycles. The first-order chi connectivity index (χ1) is 12.1. The van der Waals surface area contributed by atoms with Gasteiger partial charge in [0.15, 0.2) is 12.6 Å². The van der Waals surface area contributed by atoms with Gasteiger partial charge in [0.2, 0.25) is 5.91 Å². The molecule has 0 radical (unpaired) electrons. The molecule has 25 heavy (non-hydrogen) atoms. The van der Waals surface area contributed by atoms with E-state index in [0.29, 0.717) is 0 Å². The summed E-state index contributed by atoms with van der Waals surface area (Å²) < 4.78 is 23.1. The van der Waals surface area contributed by atoms with E-state index in [0.717, 1.165) is 5.56 Å². The van der Waals surface area contributed by atoms with Crippen molar-refractivity contribution in [2.45, 2.75) is 43.9 Å². The first kappa shape index (κ1) is 18.0. The van der Waals surface area contributed by atoms with E-state index in [-0.39, 0.29) is 19.1 Å². The maximum absolute atomic E-state index is 11.5. The summed E-state index contributed by atoms with van der Waals surface area (Å²) in [5, 5.41) is 13.5. The van der Waals surface area contributed by atoms with Gasteiger partial charge in [0.1, 0.15) is 24.4 Å². The van der Waals surface area contributed by atoms with Gasteiger partial charge >= 0.3 is 0 Å². The molecular weight excluding hydrogens is 326 g/mol. The largest absolute Gasteiger partial charge is 0.388 e. The van der Waals surface area contributed by atoms with Crippen LogP contribution in [0.25, 0.3) is 0 Å². The highest BCUT2D eigenvalue weighted by Gasteiger charge is 2.50. The Morgan fingerprint density at radius 3 is 2.84 bits per heavy atom. The van der Waals surface area contributed by atoms with E-state index in [9.17, 15) is 9.90 Å². The number of benzene rings is 1. The van der Waals surface area contributed by atoms with Crippen LogP contribution in [0.15, 0.2) is 43.0 Å². The first-order valence-corrected chi connectivity index (χ1v) is 8.25. The van der Waals surface area contributed by atoms with Gasteiger partial charge in [0.25, 0.3) is 0 Å². The summed E-state index contributed by atoms with van der Waals surface area (Å²) in [7, 11) is 0. The van der Waals surface area contributed by atoms with Crippen LogP contribution in [0.5, 0.6) is 0 Å². The van der Waals surface area contributed by atoms with Crippen molar-refractivity contribution in [2.24, 2.45) is 0 Å². The summed E-state index contributed by atoms with van der Waals surface area (Å²) in [5.74, 6) is -0.287. The van der Waals surface area contributed by atoms with Crippen molar-refractivity contribution in [3.05, 3.63) is 48.6 Å². The standard InChI is InChI=1S/C18H23NO6/c1-3-9-22-18-14(19-11(2)20)15(21)16-13(24-18)10-23-17(25-16)12-7-5-4-6-8-12/h3-8,13-18,21H,1,9-10H2,2H3,(H,19,20)/t13-,14-,15-,16-,17?,18+/m1/s1. The molecule has 3 rings (SSSR count). The molecule has 0 aliphatic carbocycles. The minimum Gasteiger partial charge on any atom is -0.388 e. The number of carbonyl (C=O) groups is 1. The van der Waals surface area contributed by atoms with Gasteiger partial charge in [-0.3, -0.25) is 4.79 Å². The van der Waals surface area contributed by atoms with Crippen LogP contribution in [0, 0.1) is 0 Å². The Morgan fingerprint density at radius 1 is 1.40 bits per heavy atom. The van der Waals surface area contributed by atoms with Gasteiger partial charge in [-0.05, 0) is 0 Å². The lowest BCUT2D eigenvalue weighted by atomic mass is 9.95. The zero-order chi connectivity index (χ0) is 17.8. The second-order valence-corrected chi connectivity index (χ2v) is 6.06. The molecule has 6 atom stereocenters. The van der Waals surface area contributed by atoms with Crippen molar-refractivity contribution in [1.82, 2.24) is 5.32 Å². The Morgan fingerprint density at radius 2 is 2.16 bits per heavy atom. The molecule has 136 valence electrons. The highest BCUT2D eigenvalue weighted by molar-refractivity contribution is 5.73. The van der Waals surface area contributed by atoms with Crippen molar-refractivity contribution in [3.63, 3.8) is 0 Å². The predicted octanol–water partition coefficient (Wildman–Crippen LogP) is 0.894. The van der Waals surface area contributed by atoms with Crippen LogP contribution in [-0.4, -0.2) is 54.9 Å². The molecule has 0 bridgehead atoms. The third-order valence-electron chi connectivity index (χ3n) is 4.19. The van der Waals surface area contributed by atoms with E-state index in [4.69, 9.17) is 18.9 Å². The molecule has 7 nitrogen and oxygen atoms in total. The topological polar surface area (TPSA) is 86.2 Å². The van der Waals surface area contributed by atoms with Gasteiger partial charge in [-0.15, -0.1) is 6.58 Å². The fraction of sp³-hybridized carbons (Fsp3) is 0.500. The maximum Gasteiger partial charge on any atom is 0.217 e. The van der Waals surface area contributed by atoms with E-state index in [1.807, 2.05) is 30.3 Å². The van der Waals surface area contributed by atoms with Gasteiger partial charge < -0.3 is 29.4 Å². The minimum absolute atomic E-state index is 0.235. The number of amides is 1. The fourth-order valence-electron chi connectivity index (χ4n) is 3.07. The van der Waals surface area contributed by atoms with Gasteiger partial charge in [-0.25, -0.2) is 0 Å². The van der Waals surface area contributed by atoms with Crippen LogP contribution in [0.4, 0.5) is 0 Å². The third-order valence-corrected chi connectivity index (χ3v) is 4.19. The maximum atomic E-state index is 11.5. The molecule has 2 fully saturated rings. The Labute approximate surface area is 146 Å². The van der Waals surface area contributed by atoms with Crippen LogP contribution < -0.4 is 5.32 Å². The van der Waals surface area contributed by atoms with Gasteiger partial charge in [0, 0.05) is 12.5 Å². The average molecular weight is 349 g/mol. The number of hydrogen-bond acceptors (Lipinski definition) is 6. The molecule has 2 aliphatic heterocycles. The molecule has 1 aromatic carbocycles. The smallest absolute Gasteiger partial charge is 0.217 e. The van der Waals surface area contributed by atoms with E-state index in [1.54, 1.807) is 6.08 Å². The predicted molar refractivity (Wildman–Crippen MR) is 88.4 cm³/mol. The van der Waals surface area contributed by atoms with Gasteiger partial charge in [-0.1, -0.05) is 36.4 Å². The molecule has 2 N–H and O–H groups in total. The number of aliphatic hydroxyl groups is 1. The lowest BCUT2D eigenvalue weighted by molar-refractivity contribution is -0.343. The summed E-state index contributed by atoms with van der Waals surface area (Å²) >= 11 is 0. The summed E-state index contributed by atoms with van der Waals surface area (Å²) in [4.78, 5) is 11.5. The third kappa shape index (κ3) is 4.08. The number of aliphatic hydroxyl groups excluding tert-OH is 1. The van der Waals surface area contributed by atoms with Crippen LogP contribution in [0.3, 0.4) is 0 Å². The number of ether oxygens (including phenoxy) is 4. The Bertz CT molecular complexity index is 594. The second kappa shape index (κ2) is 8.07. The van der Waals surface area contributed by atoms with E-state index in [2.05, 4.69) is 11.9 Å². The number of hydrogen-bond donors (Lipinski definition) is 2. The van der Waals surface area contributed by atoms with Crippen molar-refractivity contribution in [3.8, 4) is 0 Å². The molecule has 2 aliphatic rings. The minimum atomic E-state index is -0.993. The number of rotatable bonds is 5. The lowest BCUT2D eigenvalue weighted by Gasteiger charge is -2.47. The molecule has 0 spiro atoms. The Balaban J connectivity index is 1.75. The molecule has 0 saturated carbocycles. The van der Waals surface area contributed by atoms with Crippen LogP contribution in [-0.2, 0) is 23.7 Å². The summed E-state index contributed by atoms with van der Waals surface area (Å²) in [5.41, 5.74) is 0.856. The molecule has 2 saturated heterocycles. The lowest BCUT2D eigenvalue weighted by Crippen LogP contribution is -2.66. The van der Waals surface area contributed by atoms with Crippen molar-refractivity contribution < 1.29 is 28.8 Å². The Kier molecular flexibility index (Phi) is 5.82. The quantitative estimate of drug-likeness (QED) is 0.768. The van der Waals surface area contributed by atoms with Crippen molar-refractivity contribution in [2.75, 3.05) is 13.2 Å². The zero-order valence-corrected chi connectivity index (χ0v) is 14.0. The zero-order valence-electron chi connectivity index (χ0n) is 14.0. The van der Waals surface area contributed by atoms with Crippen LogP contribution >= 0.6 is 0 Å². The van der Waals surface area contributed by atoms with Crippen LogP contribution in [0.2, 0.25) is 0 Å². The molecule has 0 aromatic heterocycles. The van der Waals surface area contributed by atoms with E-state index < -0.39 is 36.9 Å². The SMILES string of the molecule is C=CCO[C@H]1O[C@@H]2COC(c3ccccc3)O[C@H]2[C@H](O)[C@H]1NC(C)=O. The summed E-state index contributed by atoms with van der Waals surface area (Å²) in [6.07, 6.45) is -1.95. The average Bonchev–Trinajstić information content (AvgIpc) is 2.63. The fourth-order valence-corrected chi connectivity index (χ4v) is 3.07. The molecule has 7 heteroatoms.